The van der Waals surface area contributed by atoms with Crippen molar-refractivity contribution in [1.82, 2.24) is 4.90 Å². The van der Waals surface area contributed by atoms with Crippen LogP contribution >= 0.6 is 11.3 Å². The molecule has 0 aliphatic heterocycles. The third kappa shape index (κ3) is 3.69. The van der Waals surface area contributed by atoms with Crippen molar-refractivity contribution in [3.05, 3.63) is 57.8 Å². The van der Waals surface area contributed by atoms with Crippen LogP contribution in [0, 0.1) is 6.92 Å². The van der Waals surface area contributed by atoms with Crippen LogP contribution in [0.4, 0.5) is 0 Å². The molecule has 3 heteroatoms. The number of rotatable bonds is 6. The van der Waals surface area contributed by atoms with E-state index in [1.54, 1.807) is 0 Å². The van der Waals surface area contributed by atoms with Crippen molar-refractivity contribution >= 4 is 11.3 Å². The first-order valence-electron chi connectivity index (χ1n) is 7.14. The molecule has 0 radical (unpaired) electrons. The van der Waals surface area contributed by atoms with Crippen molar-refractivity contribution in [1.29, 1.82) is 0 Å². The van der Waals surface area contributed by atoms with E-state index in [1.807, 2.05) is 11.3 Å². The standard InChI is InChI=1S/C17H24N2S/c1-13-7-4-5-8-15(13)16(18)10-11-19(3)14(2)17-9-6-12-20-17/h4-9,12,14,16H,10-11,18H2,1-3H3. The van der Waals surface area contributed by atoms with E-state index in [9.17, 15) is 0 Å². The topological polar surface area (TPSA) is 29.3 Å². The Morgan fingerprint density at radius 3 is 2.60 bits per heavy atom. The number of hydrogen-bond acceptors (Lipinski definition) is 3. The second kappa shape index (κ2) is 7.02. The normalized spacial score (nSPS) is 14.4. The molecule has 0 fully saturated rings. The molecule has 0 bridgehead atoms. The first kappa shape index (κ1) is 15.2. The molecule has 2 nitrogen and oxygen atoms in total. The summed E-state index contributed by atoms with van der Waals surface area (Å²) in [6, 6.07) is 13.3. The van der Waals surface area contributed by atoms with Gasteiger partial charge in [0.15, 0.2) is 0 Å². The van der Waals surface area contributed by atoms with Crippen LogP contribution in [-0.4, -0.2) is 18.5 Å². The fraction of sp³-hybridized carbons (Fsp3) is 0.412. The Morgan fingerprint density at radius 2 is 1.95 bits per heavy atom. The van der Waals surface area contributed by atoms with E-state index in [4.69, 9.17) is 5.73 Å². The SMILES string of the molecule is Cc1ccccc1C(N)CCN(C)C(C)c1cccs1. The zero-order valence-corrected chi connectivity index (χ0v) is 13.4. The maximum Gasteiger partial charge on any atom is 0.0410 e. The highest BCUT2D eigenvalue weighted by atomic mass is 32.1. The van der Waals surface area contributed by atoms with E-state index >= 15 is 0 Å². The molecule has 2 N–H and O–H groups in total. The lowest BCUT2D eigenvalue weighted by molar-refractivity contribution is 0.254. The highest BCUT2D eigenvalue weighted by molar-refractivity contribution is 7.10. The predicted molar refractivity (Wildman–Crippen MR) is 88.1 cm³/mol. The monoisotopic (exact) mass is 288 g/mol. The third-order valence-corrected chi connectivity index (χ3v) is 5.04. The summed E-state index contributed by atoms with van der Waals surface area (Å²) in [5.74, 6) is 0. The quantitative estimate of drug-likeness (QED) is 0.865. The molecule has 20 heavy (non-hydrogen) atoms. The summed E-state index contributed by atoms with van der Waals surface area (Å²) >= 11 is 1.82. The molecular formula is C17H24N2S. The maximum atomic E-state index is 6.34. The summed E-state index contributed by atoms with van der Waals surface area (Å²) in [7, 11) is 2.18. The van der Waals surface area contributed by atoms with Crippen molar-refractivity contribution in [2.45, 2.75) is 32.4 Å². The first-order chi connectivity index (χ1) is 9.59. The van der Waals surface area contributed by atoms with Gasteiger partial charge in [-0.15, -0.1) is 11.3 Å². The van der Waals surface area contributed by atoms with Crippen LogP contribution in [-0.2, 0) is 0 Å². The molecule has 0 saturated carbocycles. The Bertz CT molecular complexity index is 522. The van der Waals surface area contributed by atoms with E-state index in [0.717, 1.165) is 13.0 Å². The molecule has 2 atom stereocenters. The van der Waals surface area contributed by atoms with E-state index in [1.165, 1.54) is 16.0 Å². The molecular weight excluding hydrogens is 264 g/mol. The molecule has 0 amide bonds. The van der Waals surface area contributed by atoms with Crippen molar-refractivity contribution in [3.8, 4) is 0 Å². The lowest BCUT2D eigenvalue weighted by Crippen LogP contribution is -2.26. The highest BCUT2D eigenvalue weighted by Crippen LogP contribution is 2.25. The molecule has 108 valence electrons. The Kier molecular flexibility index (Phi) is 5.35. The van der Waals surface area contributed by atoms with E-state index < -0.39 is 0 Å². The van der Waals surface area contributed by atoms with E-state index in [2.05, 4.69) is 67.6 Å². The predicted octanol–water partition coefficient (Wildman–Crippen LogP) is 4.14. The molecule has 0 aliphatic rings. The van der Waals surface area contributed by atoms with Crippen molar-refractivity contribution in [2.24, 2.45) is 5.73 Å². The number of nitrogens with two attached hydrogens (primary N) is 1. The first-order valence-corrected chi connectivity index (χ1v) is 8.02. The van der Waals surface area contributed by atoms with Gasteiger partial charge in [0.25, 0.3) is 0 Å². The second-order valence-corrected chi connectivity index (χ2v) is 6.40. The van der Waals surface area contributed by atoms with Gasteiger partial charge in [0.1, 0.15) is 0 Å². The summed E-state index contributed by atoms with van der Waals surface area (Å²) < 4.78 is 0. The summed E-state index contributed by atoms with van der Waals surface area (Å²) in [5, 5.41) is 2.14. The molecule has 1 heterocycles. The Labute approximate surface area is 126 Å². The third-order valence-electron chi connectivity index (χ3n) is 4.00. The van der Waals surface area contributed by atoms with Crippen LogP contribution in [0.15, 0.2) is 41.8 Å². The van der Waals surface area contributed by atoms with Gasteiger partial charge in [-0.25, -0.2) is 0 Å². The smallest absolute Gasteiger partial charge is 0.0410 e. The minimum atomic E-state index is 0.120. The van der Waals surface area contributed by atoms with Gasteiger partial charge in [-0.3, -0.25) is 4.90 Å². The van der Waals surface area contributed by atoms with E-state index in [-0.39, 0.29) is 6.04 Å². The van der Waals surface area contributed by atoms with Crippen LogP contribution in [0.5, 0.6) is 0 Å². The van der Waals surface area contributed by atoms with Gasteiger partial charge in [-0.05, 0) is 49.9 Å². The molecule has 0 aliphatic carbocycles. The number of benzene rings is 1. The minimum Gasteiger partial charge on any atom is -0.324 e. The molecule has 0 spiro atoms. The molecule has 2 rings (SSSR count). The van der Waals surface area contributed by atoms with E-state index in [0.29, 0.717) is 6.04 Å². The highest BCUT2D eigenvalue weighted by Gasteiger charge is 2.15. The van der Waals surface area contributed by atoms with Crippen molar-refractivity contribution in [2.75, 3.05) is 13.6 Å². The molecule has 1 aromatic heterocycles. The number of hydrogen-bond donors (Lipinski definition) is 1. The Balaban J connectivity index is 1.90. The van der Waals surface area contributed by atoms with Crippen molar-refractivity contribution in [3.63, 3.8) is 0 Å². The zero-order chi connectivity index (χ0) is 14.5. The number of thiophene rings is 1. The van der Waals surface area contributed by atoms with Gasteiger partial charge < -0.3 is 5.73 Å². The fourth-order valence-electron chi connectivity index (χ4n) is 2.44. The Morgan fingerprint density at radius 1 is 1.20 bits per heavy atom. The van der Waals surface area contributed by atoms with Gasteiger partial charge >= 0.3 is 0 Å². The van der Waals surface area contributed by atoms with Crippen LogP contribution in [0.1, 0.15) is 41.4 Å². The van der Waals surface area contributed by atoms with Gasteiger partial charge in [0, 0.05) is 23.5 Å². The largest absolute Gasteiger partial charge is 0.324 e. The van der Waals surface area contributed by atoms with Gasteiger partial charge in [-0.1, -0.05) is 30.3 Å². The van der Waals surface area contributed by atoms with Gasteiger partial charge in [0.2, 0.25) is 0 Å². The fourth-order valence-corrected chi connectivity index (χ4v) is 3.29. The van der Waals surface area contributed by atoms with Gasteiger partial charge in [0.05, 0.1) is 0 Å². The lowest BCUT2D eigenvalue weighted by atomic mass is 9.99. The van der Waals surface area contributed by atoms with Crippen LogP contribution in [0.25, 0.3) is 0 Å². The number of nitrogens with zero attached hydrogens (tertiary/aromatic N) is 1. The summed E-state index contributed by atoms with van der Waals surface area (Å²) in [6.07, 6.45) is 0.983. The second-order valence-electron chi connectivity index (χ2n) is 5.42. The average Bonchev–Trinajstić information content (AvgIpc) is 2.98. The summed E-state index contributed by atoms with van der Waals surface area (Å²) in [5.41, 5.74) is 8.89. The van der Waals surface area contributed by atoms with Crippen molar-refractivity contribution < 1.29 is 0 Å². The van der Waals surface area contributed by atoms with Crippen LogP contribution < -0.4 is 5.73 Å². The number of aryl methyl sites for hydroxylation is 1. The maximum absolute atomic E-state index is 6.34. The molecule has 2 aromatic rings. The summed E-state index contributed by atoms with van der Waals surface area (Å²) in [4.78, 5) is 3.79. The lowest BCUT2D eigenvalue weighted by Gasteiger charge is -2.25. The van der Waals surface area contributed by atoms with Crippen LogP contribution in [0.2, 0.25) is 0 Å². The van der Waals surface area contributed by atoms with Crippen LogP contribution in [0.3, 0.4) is 0 Å². The molecule has 1 aromatic carbocycles. The molecule has 0 saturated heterocycles. The van der Waals surface area contributed by atoms with Gasteiger partial charge in [-0.2, -0.15) is 0 Å². The summed E-state index contributed by atoms with van der Waals surface area (Å²) in [6.45, 7) is 5.40. The zero-order valence-electron chi connectivity index (χ0n) is 12.5. The Hall–Kier alpha value is -1.16. The molecule has 2 unspecified atom stereocenters. The average molecular weight is 288 g/mol. The minimum absolute atomic E-state index is 0.120.